The number of imidazole rings is 1. The molecule has 5 aromatic rings. The maximum atomic E-state index is 12.1. The van der Waals surface area contributed by atoms with Gasteiger partial charge in [-0.1, -0.05) is 65.7 Å². The van der Waals surface area contributed by atoms with Crippen molar-refractivity contribution in [1.29, 1.82) is 0 Å². The summed E-state index contributed by atoms with van der Waals surface area (Å²) in [6.07, 6.45) is 7.10. The van der Waals surface area contributed by atoms with Gasteiger partial charge in [-0.2, -0.15) is 0 Å². The van der Waals surface area contributed by atoms with Crippen molar-refractivity contribution in [2.45, 2.75) is 19.2 Å². The predicted octanol–water partition coefficient (Wildman–Crippen LogP) is 8.84. The summed E-state index contributed by atoms with van der Waals surface area (Å²) in [7, 11) is -2.13. The highest BCUT2D eigenvalue weighted by Gasteiger charge is 2.17. The number of rotatable bonds is 10. The van der Waals surface area contributed by atoms with E-state index in [4.69, 9.17) is 37.7 Å². The SMILES string of the molecule is CCn1cc(-c2ccc(Cl)cc2Cl)nc1/C=C/c1ccc(-c2ccc(Oc3ccc(C(=O)OC)c(CS(C)(=O)=O)c3)cc2)cc1. The lowest BCUT2D eigenvalue weighted by Crippen LogP contribution is -2.10. The van der Waals surface area contributed by atoms with Crippen molar-refractivity contribution < 1.29 is 22.7 Å². The van der Waals surface area contributed by atoms with Crippen molar-refractivity contribution in [3.63, 3.8) is 0 Å². The van der Waals surface area contributed by atoms with Crippen molar-refractivity contribution in [2.24, 2.45) is 0 Å². The Bertz CT molecular complexity index is 1980. The lowest BCUT2D eigenvalue weighted by atomic mass is 10.0. The molecule has 0 aliphatic rings. The van der Waals surface area contributed by atoms with E-state index in [-0.39, 0.29) is 11.3 Å². The van der Waals surface area contributed by atoms with E-state index >= 15 is 0 Å². The first-order valence-corrected chi connectivity index (χ1v) is 16.8. The van der Waals surface area contributed by atoms with Crippen molar-refractivity contribution in [2.75, 3.05) is 13.4 Å². The fraction of sp³-hybridized carbons (Fsp3) is 0.143. The zero-order valence-corrected chi connectivity index (χ0v) is 27.2. The summed E-state index contributed by atoms with van der Waals surface area (Å²) in [6.45, 7) is 2.82. The van der Waals surface area contributed by atoms with Gasteiger partial charge in [0.2, 0.25) is 0 Å². The van der Waals surface area contributed by atoms with Gasteiger partial charge in [0.1, 0.15) is 17.3 Å². The number of ether oxygens (including phenoxy) is 2. The number of halogens is 2. The predicted molar refractivity (Wildman–Crippen MR) is 181 cm³/mol. The van der Waals surface area contributed by atoms with Gasteiger partial charge in [-0.05, 0) is 83.8 Å². The zero-order valence-electron chi connectivity index (χ0n) is 24.8. The molecule has 4 aromatic carbocycles. The summed E-state index contributed by atoms with van der Waals surface area (Å²) in [5.41, 5.74) is 5.18. The minimum Gasteiger partial charge on any atom is -0.465 e. The Morgan fingerprint density at radius 1 is 0.889 bits per heavy atom. The van der Waals surface area contributed by atoms with Gasteiger partial charge in [-0.15, -0.1) is 0 Å². The largest absolute Gasteiger partial charge is 0.465 e. The third kappa shape index (κ3) is 8.02. The van der Waals surface area contributed by atoms with Gasteiger partial charge in [0, 0.05) is 29.6 Å². The highest BCUT2D eigenvalue weighted by atomic mass is 35.5. The van der Waals surface area contributed by atoms with Crippen molar-refractivity contribution in [1.82, 2.24) is 9.55 Å². The molecule has 0 saturated carbocycles. The summed E-state index contributed by atoms with van der Waals surface area (Å²) in [5, 5.41) is 1.14. The number of carbonyl (C=O) groups is 1. The molecule has 0 bridgehead atoms. The Labute approximate surface area is 272 Å². The number of methoxy groups -OCH3 is 1. The number of aryl methyl sites for hydroxylation is 1. The number of benzene rings is 4. The number of carbonyl (C=O) groups excluding carboxylic acids is 1. The summed E-state index contributed by atoms with van der Waals surface area (Å²) < 4.78 is 36.7. The molecule has 1 heterocycles. The van der Waals surface area contributed by atoms with Crippen LogP contribution in [0, 0.1) is 0 Å². The molecule has 0 N–H and O–H groups in total. The van der Waals surface area contributed by atoms with Gasteiger partial charge >= 0.3 is 5.97 Å². The van der Waals surface area contributed by atoms with Crippen molar-refractivity contribution in [3.05, 3.63) is 124 Å². The monoisotopic (exact) mass is 660 g/mol. The molecule has 230 valence electrons. The fourth-order valence-corrected chi connectivity index (χ4v) is 6.11. The van der Waals surface area contributed by atoms with Crippen LogP contribution in [0.5, 0.6) is 11.5 Å². The Kier molecular flexibility index (Phi) is 9.77. The van der Waals surface area contributed by atoms with Crippen LogP contribution in [-0.4, -0.2) is 37.3 Å². The molecule has 0 fully saturated rings. The van der Waals surface area contributed by atoms with E-state index in [1.54, 1.807) is 24.3 Å². The lowest BCUT2D eigenvalue weighted by molar-refractivity contribution is 0.0600. The van der Waals surface area contributed by atoms with E-state index in [0.29, 0.717) is 27.1 Å². The van der Waals surface area contributed by atoms with Crippen LogP contribution >= 0.6 is 23.2 Å². The van der Waals surface area contributed by atoms with Crippen LogP contribution in [0.2, 0.25) is 10.0 Å². The molecule has 0 amide bonds. The molecule has 1 aromatic heterocycles. The molecule has 0 unspecified atom stereocenters. The van der Waals surface area contributed by atoms with E-state index in [1.807, 2.05) is 72.9 Å². The van der Waals surface area contributed by atoms with E-state index in [2.05, 4.69) is 11.5 Å². The standard InChI is InChI=1S/C35H30Cl2N2O5S/c1-4-39-21-33(31-16-12-27(36)20-32(31)37)38-34(39)18-7-23-5-8-24(9-6-23)25-10-13-28(14-11-25)44-29-15-17-30(35(40)43-2)26(19-29)22-45(3,41)42/h5-21H,4,22H2,1-3H3/b18-7+. The smallest absolute Gasteiger partial charge is 0.338 e. The molecule has 0 saturated heterocycles. The van der Waals surface area contributed by atoms with Gasteiger partial charge in [-0.25, -0.2) is 18.2 Å². The van der Waals surface area contributed by atoms with Gasteiger partial charge < -0.3 is 14.0 Å². The lowest BCUT2D eigenvalue weighted by Gasteiger charge is -2.11. The second kappa shape index (κ2) is 13.7. The first-order chi connectivity index (χ1) is 21.5. The minimum atomic E-state index is -3.38. The second-order valence-electron chi connectivity index (χ2n) is 10.4. The molecule has 0 aliphatic heterocycles. The third-order valence-corrected chi connectivity index (χ3v) is 8.40. The van der Waals surface area contributed by atoms with Crippen LogP contribution < -0.4 is 4.74 Å². The van der Waals surface area contributed by atoms with E-state index in [0.717, 1.165) is 46.6 Å². The Hall–Kier alpha value is -4.37. The Morgan fingerprint density at radius 2 is 1.56 bits per heavy atom. The maximum Gasteiger partial charge on any atom is 0.338 e. The van der Waals surface area contributed by atoms with Crippen LogP contribution in [0.4, 0.5) is 0 Å². The van der Waals surface area contributed by atoms with Gasteiger partial charge in [0.15, 0.2) is 9.84 Å². The topological polar surface area (TPSA) is 87.5 Å². The van der Waals surface area contributed by atoms with Crippen molar-refractivity contribution in [3.8, 4) is 33.9 Å². The highest BCUT2D eigenvalue weighted by molar-refractivity contribution is 7.89. The Balaban J connectivity index is 1.28. The van der Waals surface area contributed by atoms with E-state index < -0.39 is 15.8 Å². The Morgan fingerprint density at radius 3 is 2.18 bits per heavy atom. The quantitative estimate of drug-likeness (QED) is 0.139. The van der Waals surface area contributed by atoms with Crippen LogP contribution in [-0.2, 0) is 26.9 Å². The molecule has 0 spiro atoms. The zero-order chi connectivity index (χ0) is 32.1. The van der Waals surface area contributed by atoms with Crippen molar-refractivity contribution >= 4 is 51.2 Å². The number of hydrogen-bond acceptors (Lipinski definition) is 6. The highest BCUT2D eigenvalue weighted by Crippen LogP contribution is 2.31. The van der Waals surface area contributed by atoms with Crippen LogP contribution in [0.3, 0.4) is 0 Å². The molecule has 45 heavy (non-hydrogen) atoms. The molecule has 5 rings (SSSR count). The third-order valence-electron chi connectivity index (χ3n) is 7.01. The molecular weight excluding hydrogens is 631 g/mol. The number of hydrogen-bond donors (Lipinski definition) is 0. The number of nitrogens with zero attached hydrogens (tertiary/aromatic N) is 2. The molecular formula is C35H30Cl2N2O5S. The first-order valence-electron chi connectivity index (χ1n) is 14.0. The van der Waals surface area contributed by atoms with Gasteiger partial charge in [-0.3, -0.25) is 0 Å². The molecule has 10 heteroatoms. The van der Waals surface area contributed by atoms with Crippen LogP contribution in [0.25, 0.3) is 34.5 Å². The van der Waals surface area contributed by atoms with E-state index in [1.165, 1.54) is 13.2 Å². The molecule has 0 radical (unpaired) electrons. The summed E-state index contributed by atoms with van der Waals surface area (Å²) in [5.74, 6) is 0.894. The maximum absolute atomic E-state index is 12.1. The first kappa shape index (κ1) is 32.0. The number of aromatic nitrogens is 2. The summed E-state index contributed by atoms with van der Waals surface area (Å²) in [4.78, 5) is 16.9. The molecule has 7 nitrogen and oxygen atoms in total. The van der Waals surface area contributed by atoms with E-state index in [9.17, 15) is 13.2 Å². The minimum absolute atomic E-state index is 0.187. The van der Waals surface area contributed by atoms with Crippen LogP contribution in [0.15, 0.2) is 91.1 Å². The normalized spacial score (nSPS) is 11.6. The average Bonchev–Trinajstić information content (AvgIpc) is 3.42. The summed E-state index contributed by atoms with van der Waals surface area (Å²) in [6, 6.07) is 25.8. The average molecular weight is 662 g/mol. The molecule has 0 atom stereocenters. The molecule has 0 aliphatic carbocycles. The van der Waals surface area contributed by atoms with Gasteiger partial charge in [0.25, 0.3) is 0 Å². The fourth-order valence-electron chi connectivity index (χ4n) is 4.80. The summed E-state index contributed by atoms with van der Waals surface area (Å²) >= 11 is 12.5. The van der Waals surface area contributed by atoms with Gasteiger partial charge in [0.05, 0.1) is 29.1 Å². The van der Waals surface area contributed by atoms with Crippen LogP contribution in [0.1, 0.15) is 34.2 Å². The number of sulfone groups is 1. The second-order valence-corrected chi connectivity index (χ2v) is 13.3. The number of esters is 1.